The lowest BCUT2D eigenvalue weighted by Gasteiger charge is -1.99. The van der Waals surface area contributed by atoms with Gasteiger partial charge in [-0.05, 0) is 38.5 Å². The Morgan fingerprint density at radius 3 is 1.56 bits per heavy atom. The molecule has 0 aliphatic rings. The first kappa shape index (κ1) is 23.9. The molecule has 0 heterocycles. The van der Waals surface area contributed by atoms with E-state index in [1.165, 1.54) is 77.0 Å². The lowest BCUT2D eigenvalue weighted by Crippen LogP contribution is -1.93. The first-order valence-electron chi connectivity index (χ1n) is 10.8. The molecule has 2 heteroatoms. The van der Waals surface area contributed by atoms with Gasteiger partial charge in [0.05, 0.1) is 0 Å². The molecule has 0 fully saturated rings. The molecule has 1 N–H and O–H groups in total. The standard InChI is InChI=1S/C23H42O2/c1-2-3-4-5-6-7-8-9-10-11-12-13-14-15-16-17-18-19-20-21-22-23(24)25/h11-12,14-15H,2-10,13,16-22H2,1H3,(H,24,25). The zero-order chi connectivity index (χ0) is 18.4. The van der Waals surface area contributed by atoms with E-state index >= 15 is 0 Å². The maximum atomic E-state index is 10.4. The molecule has 0 saturated carbocycles. The Morgan fingerprint density at radius 1 is 0.640 bits per heavy atom. The fourth-order valence-corrected chi connectivity index (χ4v) is 2.97. The number of rotatable bonds is 19. The molecule has 25 heavy (non-hydrogen) atoms. The predicted octanol–water partition coefficient (Wildman–Crippen LogP) is 7.84. The fraction of sp³-hybridized carbons (Fsp3) is 0.783. The number of hydrogen-bond acceptors (Lipinski definition) is 1. The second-order valence-electron chi connectivity index (χ2n) is 7.14. The number of carbonyl (C=O) groups is 1. The van der Waals surface area contributed by atoms with Gasteiger partial charge in [-0.3, -0.25) is 4.79 Å². The van der Waals surface area contributed by atoms with E-state index in [4.69, 9.17) is 5.11 Å². The monoisotopic (exact) mass is 350 g/mol. The molecule has 0 aromatic rings. The first-order chi connectivity index (χ1) is 12.3. The van der Waals surface area contributed by atoms with Crippen LogP contribution in [0.4, 0.5) is 0 Å². The highest BCUT2D eigenvalue weighted by Crippen LogP contribution is 2.10. The third-order valence-electron chi connectivity index (χ3n) is 4.59. The zero-order valence-electron chi connectivity index (χ0n) is 16.7. The topological polar surface area (TPSA) is 37.3 Å². The summed E-state index contributed by atoms with van der Waals surface area (Å²) < 4.78 is 0. The summed E-state index contributed by atoms with van der Waals surface area (Å²) in [6.45, 7) is 2.27. The molecule has 0 aliphatic heterocycles. The van der Waals surface area contributed by atoms with Crippen LogP contribution in [0.3, 0.4) is 0 Å². The SMILES string of the molecule is CCCCCCCCCCC=CCC=CCCCCCCCC(=O)O. The summed E-state index contributed by atoms with van der Waals surface area (Å²) >= 11 is 0. The summed E-state index contributed by atoms with van der Waals surface area (Å²) in [6, 6.07) is 0. The number of unbranched alkanes of at least 4 members (excludes halogenated alkanes) is 13. The van der Waals surface area contributed by atoms with Gasteiger partial charge in [0.25, 0.3) is 0 Å². The maximum Gasteiger partial charge on any atom is 0.303 e. The Morgan fingerprint density at radius 2 is 1.08 bits per heavy atom. The Bertz CT molecular complexity index is 331. The summed E-state index contributed by atoms with van der Waals surface area (Å²) in [4.78, 5) is 10.4. The highest BCUT2D eigenvalue weighted by atomic mass is 16.4. The molecule has 0 spiro atoms. The van der Waals surface area contributed by atoms with Crippen LogP contribution in [-0.2, 0) is 4.79 Å². The molecule has 0 aliphatic carbocycles. The van der Waals surface area contributed by atoms with Crippen LogP contribution in [0, 0.1) is 0 Å². The molecular formula is C23H42O2. The van der Waals surface area contributed by atoms with Crippen LogP contribution in [0.1, 0.15) is 116 Å². The summed E-state index contributed by atoms with van der Waals surface area (Å²) in [7, 11) is 0. The second-order valence-corrected chi connectivity index (χ2v) is 7.14. The molecule has 0 bridgehead atoms. The van der Waals surface area contributed by atoms with E-state index in [-0.39, 0.29) is 0 Å². The highest BCUT2D eigenvalue weighted by Gasteiger charge is 1.95. The number of carboxylic acids is 1. The van der Waals surface area contributed by atoms with Crippen LogP contribution >= 0.6 is 0 Å². The van der Waals surface area contributed by atoms with Gasteiger partial charge in [-0.25, -0.2) is 0 Å². The molecule has 0 saturated heterocycles. The van der Waals surface area contributed by atoms with E-state index in [1.54, 1.807) is 0 Å². The quantitative estimate of drug-likeness (QED) is 0.190. The van der Waals surface area contributed by atoms with Gasteiger partial charge in [0.15, 0.2) is 0 Å². The van der Waals surface area contributed by atoms with E-state index in [0.717, 1.165) is 25.7 Å². The predicted molar refractivity (Wildman–Crippen MR) is 110 cm³/mol. The summed E-state index contributed by atoms with van der Waals surface area (Å²) in [5.74, 6) is -0.668. The third-order valence-corrected chi connectivity index (χ3v) is 4.59. The lowest BCUT2D eigenvalue weighted by atomic mass is 10.1. The summed E-state index contributed by atoms with van der Waals surface area (Å²) in [5.41, 5.74) is 0. The largest absolute Gasteiger partial charge is 0.481 e. The molecule has 0 amide bonds. The van der Waals surface area contributed by atoms with Gasteiger partial charge in [-0.15, -0.1) is 0 Å². The Hall–Kier alpha value is -1.05. The van der Waals surface area contributed by atoms with Crippen LogP contribution in [0.2, 0.25) is 0 Å². The lowest BCUT2D eigenvalue weighted by molar-refractivity contribution is -0.137. The Labute approximate surface area is 156 Å². The number of aliphatic carboxylic acids is 1. The fourth-order valence-electron chi connectivity index (χ4n) is 2.97. The molecule has 0 unspecified atom stereocenters. The number of hydrogen-bond donors (Lipinski definition) is 1. The van der Waals surface area contributed by atoms with Crippen molar-refractivity contribution in [3.05, 3.63) is 24.3 Å². The molecule has 0 atom stereocenters. The van der Waals surface area contributed by atoms with Crippen molar-refractivity contribution in [2.45, 2.75) is 116 Å². The van der Waals surface area contributed by atoms with E-state index in [0.29, 0.717) is 6.42 Å². The van der Waals surface area contributed by atoms with Gasteiger partial charge in [0.2, 0.25) is 0 Å². The zero-order valence-corrected chi connectivity index (χ0v) is 16.7. The van der Waals surface area contributed by atoms with E-state index < -0.39 is 5.97 Å². The highest BCUT2D eigenvalue weighted by molar-refractivity contribution is 5.66. The van der Waals surface area contributed by atoms with Gasteiger partial charge in [-0.2, -0.15) is 0 Å². The van der Waals surface area contributed by atoms with Crippen molar-refractivity contribution in [1.82, 2.24) is 0 Å². The van der Waals surface area contributed by atoms with E-state index in [1.807, 2.05) is 0 Å². The van der Waals surface area contributed by atoms with E-state index in [2.05, 4.69) is 31.2 Å². The first-order valence-corrected chi connectivity index (χ1v) is 10.8. The van der Waals surface area contributed by atoms with Gasteiger partial charge in [0, 0.05) is 6.42 Å². The summed E-state index contributed by atoms with van der Waals surface area (Å²) in [5, 5.41) is 8.55. The van der Waals surface area contributed by atoms with Crippen molar-refractivity contribution in [2.24, 2.45) is 0 Å². The average Bonchev–Trinajstić information content (AvgIpc) is 2.60. The van der Waals surface area contributed by atoms with Gasteiger partial charge >= 0.3 is 5.97 Å². The van der Waals surface area contributed by atoms with Crippen molar-refractivity contribution in [1.29, 1.82) is 0 Å². The van der Waals surface area contributed by atoms with Crippen LogP contribution in [0.25, 0.3) is 0 Å². The summed E-state index contributed by atoms with van der Waals surface area (Å²) in [6.07, 6.45) is 29.6. The van der Waals surface area contributed by atoms with Crippen LogP contribution < -0.4 is 0 Å². The molecule has 0 aromatic carbocycles. The maximum absolute atomic E-state index is 10.4. The number of allylic oxidation sites excluding steroid dienone is 4. The van der Waals surface area contributed by atoms with Crippen molar-refractivity contribution >= 4 is 5.97 Å². The minimum Gasteiger partial charge on any atom is -0.481 e. The normalized spacial score (nSPS) is 11.7. The van der Waals surface area contributed by atoms with Gasteiger partial charge in [0.1, 0.15) is 0 Å². The van der Waals surface area contributed by atoms with Crippen molar-refractivity contribution < 1.29 is 9.90 Å². The smallest absolute Gasteiger partial charge is 0.303 e. The minimum atomic E-state index is -0.668. The van der Waals surface area contributed by atoms with Crippen LogP contribution in [-0.4, -0.2) is 11.1 Å². The van der Waals surface area contributed by atoms with Gasteiger partial charge < -0.3 is 5.11 Å². The number of carboxylic acid groups (broad SMARTS) is 1. The van der Waals surface area contributed by atoms with Crippen LogP contribution in [0.5, 0.6) is 0 Å². The van der Waals surface area contributed by atoms with Crippen molar-refractivity contribution in [3.8, 4) is 0 Å². The van der Waals surface area contributed by atoms with Gasteiger partial charge in [-0.1, -0.05) is 95.4 Å². The Kier molecular flexibility index (Phi) is 20.1. The van der Waals surface area contributed by atoms with E-state index in [9.17, 15) is 4.79 Å². The molecule has 0 aromatic heterocycles. The molecule has 2 nitrogen and oxygen atoms in total. The molecule has 146 valence electrons. The van der Waals surface area contributed by atoms with Crippen LogP contribution in [0.15, 0.2) is 24.3 Å². The van der Waals surface area contributed by atoms with Crippen molar-refractivity contribution in [2.75, 3.05) is 0 Å². The third kappa shape index (κ3) is 22.9. The average molecular weight is 351 g/mol. The second kappa shape index (κ2) is 21.0. The Balaban J connectivity index is 3.18. The molecule has 0 rings (SSSR count). The molecular weight excluding hydrogens is 308 g/mol. The minimum absolute atomic E-state index is 0.325. The molecule has 0 radical (unpaired) electrons. The van der Waals surface area contributed by atoms with Crippen molar-refractivity contribution in [3.63, 3.8) is 0 Å².